The summed E-state index contributed by atoms with van der Waals surface area (Å²) in [5.41, 5.74) is 2.95. The molecule has 1 saturated heterocycles. The Morgan fingerprint density at radius 2 is 2.18 bits per heavy atom. The number of H-pyrrole nitrogens is 1. The van der Waals surface area contributed by atoms with Crippen LogP contribution in [-0.4, -0.2) is 40.6 Å². The van der Waals surface area contributed by atoms with Crippen LogP contribution >= 0.6 is 27.3 Å². The maximum Gasteiger partial charge on any atom is 0.161 e. The molecule has 0 spiro atoms. The highest BCUT2D eigenvalue weighted by molar-refractivity contribution is 9.11. The highest BCUT2D eigenvalue weighted by atomic mass is 79.9. The third-order valence-electron chi connectivity index (χ3n) is 3.85. The third-order valence-corrected chi connectivity index (χ3v) is 5.42. The number of thiazole rings is 1. The molecule has 7 heteroatoms. The predicted octanol–water partition coefficient (Wildman–Crippen LogP) is 3.25. The minimum absolute atomic E-state index is 0.484. The summed E-state index contributed by atoms with van der Waals surface area (Å²) in [5.74, 6) is 0.837. The molecule has 1 fully saturated rings. The van der Waals surface area contributed by atoms with Crippen molar-refractivity contribution in [2.75, 3.05) is 24.5 Å². The number of piperazine rings is 1. The molecule has 3 heterocycles. The zero-order chi connectivity index (χ0) is 15.1. The van der Waals surface area contributed by atoms with Crippen molar-refractivity contribution >= 4 is 43.3 Å². The van der Waals surface area contributed by atoms with Crippen LogP contribution in [0.15, 0.2) is 28.2 Å². The lowest BCUT2D eigenvalue weighted by atomic mass is 10.2. The molecular formula is C15H16BrN5S. The van der Waals surface area contributed by atoms with E-state index < -0.39 is 0 Å². The van der Waals surface area contributed by atoms with Gasteiger partial charge in [-0.25, -0.2) is 9.97 Å². The summed E-state index contributed by atoms with van der Waals surface area (Å²) in [6.07, 6.45) is 0. The number of halogens is 1. The molecule has 4 rings (SSSR count). The summed E-state index contributed by atoms with van der Waals surface area (Å²) >= 11 is 5.20. The van der Waals surface area contributed by atoms with Crippen LogP contribution < -0.4 is 10.2 Å². The maximum atomic E-state index is 4.70. The summed E-state index contributed by atoms with van der Waals surface area (Å²) < 4.78 is 0.893. The van der Waals surface area contributed by atoms with E-state index >= 15 is 0 Å². The third kappa shape index (κ3) is 2.53. The number of imidazole rings is 1. The summed E-state index contributed by atoms with van der Waals surface area (Å²) in [7, 11) is 0. The number of rotatable bonds is 2. The van der Waals surface area contributed by atoms with Crippen molar-refractivity contribution < 1.29 is 0 Å². The Hall–Kier alpha value is -1.44. The van der Waals surface area contributed by atoms with E-state index in [1.165, 1.54) is 5.00 Å². The first-order chi connectivity index (χ1) is 10.7. The zero-order valence-electron chi connectivity index (χ0n) is 12.1. The van der Waals surface area contributed by atoms with Gasteiger partial charge in [0.2, 0.25) is 0 Å². The Kier molecular flexibility index (Phi) is 3.63. The van der Waals surface area contributed by atoms with Crippen molar-refractivity contribution in [2.24, 2.45) is 0 Å². The minimum Gasteiger partial charge on any atom is -0.359 e. The van der Waals surface area contributed by atoms with E-state index in [1.54, 1.807) is 11.3 Å². The lowest BCUT2D eigenvalue weighted by Gasteiger charge is -2.32. The van der Waals surface area contributed by atoms with E-state index in [0.717, 1.165) is 46.1 Å². The van der Waals surface area contributed by atoms with Crippen molar-refractivity contribution in [3.63, 3.8) is 0 Å². The van der Waals surface area contributed by atoms with Gasteiger partial charge in [-0.2, -0.15) is 0 Å². The number of hydrogen-bond acceptors (Lipinski definition) is 5. The predicted molar refractivity (Wildman–Crippen MR) is 94.6 cm³/mol. The van der Waals surface area contributed by atoms with Crippen LogP contribution in [-0.2, 0) is 0 Å². The highest BCUT2D eigenvalue weighted by Gasteiger charge is 2.24. The molecular weight excluding hydrogens is 362 g/mol. The molecule has 2 N–H and O–H groups in total. The first kappa shape index (κ1) is 14.2. The molecule has 1 aliphatic rings. The highest BCUT2D eigenvalue weighted by Crippen LogP contribution is 2.38. The number of para-hydroxylation sites is 2. The number of anilines is 1. The Bertz CT molecular complexity index is 778. The fourth-order valence-corrected chi connectivity index (χ4v) is 4.30. The molecule has 3 aromatic rings. The quantitative estimate of drug-likeness (QED) is 0.719. The van der Waals surface area contributed by atoms with Crippen molar-refractivity contribution in [2.45, 2.75) is 13.0 Å². The van der Waals surface area contributed by atoms with Gasteiger partial charge < -0.3 is 15.2 Å². The van der Waals surface area contributed by atoms with E-state index in [2.05, 4.69) is 43.0 Å². The van der Waals surface area contributed by atoms with Crippen molar-refractivity contribution in [1.29, 1.82) is 0 Å². The van der Waals surface area contributed by atoms with Gasteiger partial charge in [0, 0.05) is 25.7 Å². The smallest absolute Gasteiger partial charge is 0.161 e. The topological polar surface area (TPSA) is 56.8 Å². The van der Waals surface area contributed by atoms with Gasteiger partial charge >= 0.3 is 0 Å². The van der Waals surface area contributed by atoms with Gasteiger partial charge in [0.15, 0.2) is 9.74 Å². The van der Waals surface area contributed by atoms with Crippen molar-refractivity contribution in [3.05, 3.63) is 28.2 Å². The molecule has 1 aromatic carbocycles. The monoisotopic (exact) mass is 377 g/mol. The van der Waals surface area contributed by atoms with Crippen LogP contribution in [0.4, 0.5) is 5.00 Å². The number of aromatic amines is 1. The average molecular weight is 378 g/mol. The van der Waals surface area contributed by atoms with E-state index in [-0.39, 0.29) is 0 Å². The Morgan fingerprint density at radius 1 is 1.32 bits per heavy atom. The van der Waals surface area contributed by atoms with Crippen molar-refractivity contribution in [3.8, 4) is 11.5 Å². The minimum atomic E-state index is 0.484. The number of nitrogens with zero attached hydrogens (tertiary/aromatic N) is 3. The van der Waals surface area contributed by atoms with Gasteiger partial charge in [0.1, 0.15) is 10.7 Å². The van der Waals surface area contributed by atoms with E-state index in [9.17, 15) is 0 Å². The van der Waals surface area contributed by atoms with Crippen molar-refractivity contribution in [1.82, 2.24) is 20.3 Å². The Balaban J connectivity index is 1.78. The molecule has 1 aliphatic heterocycles. The van der Waals surface area contributed by atoms with Gasteiger partial charge in [-0.15, -0.1) is 0 Å². The number of hydrogen-bond donors (Lipinski definition) is 2. The van der Waals surface area contributed by atoms with Crippen LogP contribution in [0.2, 0.25) is 0 Å². The molecule has 22 heavy (non-hydrogen) atoms. The average Bonchev–Trinajstić information content (AvgIpc) is 3.10. The first-order valence-corrected chi connectivity index (χ1v) is 8.91. The van der Waals surface area contributed by atoms with Gasteiger partial charge in [-0.3, -0.25) is 0 Å². The first-order valence-electron chi connectivity index (χ1n) is 7.30. The molecule has 0 bridgehead atoms. The van der Waals surface area contributed by atoms with Crippen LogP contribution in [0.5, 0.6) is 0 Å². The largest absolute Gasteiger partial charge is 0.359 e. The number of nitrogens with one attached hydrogen (secondary N) is 2. The van der Waals surface area contributed by atoms with E-state index in [0.29, 0.717) is 6.04 Å². The SMILES string of the molecule is CC1CN(c2sc(Br)nc2-c2nc3ccccc3[nH]2)CCN1. The van der Waals surface area contributed by atoms with Gasteiger partial charge in [0.25, 0.3) is 0 Å². The van der Waals surface area contributed by atoms with Crippen LogP contribution in [0.1, 0.15) is 6.92 Å². The van der Waals surface area contributed by atoms with Crippen LogP contribution in [0.25, 0.3) is 22.6 Å². The van der Waals surface area contributed by atoms with Gasteiger partial charge in [-0.05, 0) is 35.0 Å². The number of aromatic nitrogens is 3. The van der Waals surface area contributed by atoms with E-state index in [4.69, 9.17) is 4.98 Å². The second-order valence-electron chi connectivity index (χ2n) is 5.52. The maximum absolute atomic E-state index is 4.70. The lowest BCUT2D eigenvalue weighted by molar-refractivity contribution is 0.486. The second kappa shape index (κ2) is 5.64. The van der Waals surface area contributed by atoms with E-state index in [1.807, 2.05) is 24.3 Å². The fourth-order valence-electron chi connectivity index (χ4n) is 2.84. The zero-order valence-corrected chi connectivity index (χ0v) is 14.5. The summed E-state index contributed by atoms with van der Waals surface area (Å²) in [5, 5.41) is 4.66. The lowest BCUT2D eigenvalue weighted by Crippen LogP contribution is -2.49. The molecule has 1 unspecified atom stereocenters. The second-order valence-corrected chi connectivity index (χ2v) is 7.78. The van der Waals surface area contributed by atoms with Crippen LogP contribution in [0, 0.1) is 0 Å². The fraction of sp³-hybridized carbons (Fsp3) is 0.333. The molecule has 0 amide bonds. The molecule has 0 saturated carbocycles. The molecule has 114 valence electrons. The number of fused-ring (bicyclic) bond motifs is 1. The normalized spacial score (nSPS) is 19.0. The Labute approximate surface area is 140 Å². The molecule has 5 nitrogen and oxygen atoms in total. The summed E-state index contributed by atoms with van der Waals surface area (Å²) in [4.78, 5) is 15.1. The van der Waals surface area contributed by atoms with Gasteiger partial charge in [0.05, 0.1) is 11.0 Å². The Morgan fingerprint density at radius 3 is 3.00 bits per heavy atom. The molecule has 0 aliphatic carbocycles. The number of benzene rings is 1. The van der Waals surface area contributed by atoms with Gasteiger partial charge in [-0.1, -0.05) is 23.5 Å². The molecule has 2 aromatic heterocycles. The van der Waals surface area contributed by atoms with Crippen LogP contribution in [0.3, 0.4) is 0 Å². The molecule has 1 atom stereocenters. The standard InChI is InChI=1S/C15H16BrN5S/c1-9-8-21(7-6-17-9)14-12(20-15(16)22-14)13-18-10-4-2-3-5-11(10)19-13/h2-5,9,17H,6-8H2,1H3,(H,18,19). The summed E-state index contributed by atoms with van der Waals surface area (Å²) in [6, 6.07) is 8.56. The summed E-state index contributed by atoms with van der Waals surface area (Å²) in [6.45, 7) is 5.19. The molecule has 0 radical (unpaired) electrons.